The van der Waals surface area contributed by atoms with Gasteiger partial charge in [-0.15, -0.1) is 0 Å². The van der Waals surface area contributed by atoms with Gasteiger partial charge in [0.1, 0.15) is 0 Å². The minimum atomic E-state index is 0.640. The van der Waals surface area contributed by atoms with Crippen LogP contribution >= 0.6 is 0 Å². The van der Waals surface area contributed by atoms with E-state index >= 15 is 0 Å². The normalized spacial score (nSPS) is 9.86. The Labute approximate surface area is 47.9 Å². The van der Waals surface area contributed by atoms with Crippen molar-refractivity contribution in [3.8, 4) is 0 Å². The zero-order valence-electron chi connectivity index (χ0n) is 4.39. The van der Waals surface area contributed by atoms with E-state index in [1.807, 2.05) is 19.1 Å². The van der Waals surface area contributed by atoms with Crippen LogP contribution in [-0.2, 0) is 15.9 Å². The molecule has 0 saturated carbocycles. The minimum absolute atomic E-state index is 0.640. The van der Waals surface area contributed by atoms with Gasteiger partial charge in [0, 0.05) is 10.6 Å². The Balaban J connectivity index is 2.82. The Bertz CT molecular complexity index is 68.5. The predicted molar refractivity (Wildman–Crippen MR) is 32.3 cm³/mol. The molecule has 0 aromatic carbocycles. The Kier molecular flexibility index (Phi) is 5.56. The van der Waals surface area contributed by atoms with Gasteiger partial charge in [-0.2, -0.15) is 0 Å². The lowest BCUT2D eigenvalue weighted by Gasteiger charge is -1.66. The summed E-state index contributed by atoms with van der Waals surface area (Å²) in [5, 5.41) is 0. The molecule has 0 radical (unpaired) electrons. The topological polar surface area (TPSA) is 17.1 Å². The van der Waals surface area contributed by atoms with Gasteiger partial charge >= 0.3 is 11.7 Å². The molecule has 40 valence electrons. The Morgan fingerprint density at radius 2 is 2.43 bits per heavy atom. The van der Waals surface area contributed by atoms with Crippen molar-refractivity contribution in [1.29, 1.82) is 0 Å². The smallest absolute Gasteiger partial charge is 0.0915 e. The van der Waals surface area contributed by atoms with Crippen molar-refractivity contribution in [3.63, 3.8) is 0 Å². The molecule has 0 unspecified atom stereocenters. The number of hydrogen-bond donors (Lipinski definition) is 0. The zero-order chi connectivity index (χ0) is 5.54. The summed E-state index contributed by atoms with van der Waals surface area (Å²) in [4.78, 5) is 0. The highest BCUT2D eigenvalue weighted by molar-refractivity contribution is 7.65. The highest BCUT2D eigenvalue weighted by Crippen LogP contribution is 1.78. The van der Waals surface area contributed by atoms with Crippen molar-refractivity contribution >= 4 is 11.7 Å². The maximum Gasteiger partial charge on any atom is 0.458 e. The largest absolute Gasteiger partial charge is 0.458 e. The van der Waals surface area contributed by atoms with Crippen LogP contribution in [0.3, 0.4) is 0 Å². The molecule has 1 nitrogen and oxygen atoms in total. The fourth-order valence-corrected chi connectivity index (χ4v) is 0.515. The van der Waals surface area contributed by atoms with Crippen LogP contribution in [0, 0.1) is 0 Å². The fraction of sp³-hybridized carbons (Fsp3) is 0.600. The summed E-state index contributed by atoms with van der Waals surface area (Å²) in [5.74, 6) is 0.699. The van der Waals surface area contributed by atoms with Gasteiger partial charge in [-0.1, -0.05) is 12.2 Å². The lowest BCUT2D eigenvalue weighted by molar-refractivity contribution is 0.605. The van der Waals surface area contributed by atoms with E-state index in [0.29, 0.717) is 17.4 Å². The van der Waals surface area contributed by atoms with Crippen molar-refractivity contribution in [2.45, 2.75) is 13.3 Å². The van der Waals surface area contributed by atoms with Crippen LogP contribution in [0.2, 0.25) is 0 Å². The summed E-state index contributed by atoms with van der Waals surface area (Å²) < 4.78 is 9.69. The molecule has 0 aliphatic rings. The Hall–Kier alpha value is -0.240. The van der Waals surface area contributed by atoms with Gasteiger partial charge in [0.15, 0.2) is 0 Å². The third-order valence-corrected chi connectivity index (χ3v) is 1.01. The van der Waals surface area contributed by atoms with E-state index in [9.17, 15) is 4.21 Å². The molecule has 0 spiro atoms. The fourth-order valence-electron chi connectivity index (χ4n) is 0.283. The van der Waals surface area contributed by atoms with Crippen LogP contribution < -0.4 is 0 Å². The van der Waals surface area contributed by atoms with E-state index < -0.39 is 0 Å². The molecule has 0 aliphatic heterocycles. The van der Waals surface area contributed by atoms with Gasteiger partial charge in [0.05, 0.1) is 0 Å². The van der Waals surface area contributed by atoms with E-state index in [4.69, 9.17) is 0 Å². The van der Waals surface area contributed by atoms with Crippen LogP contribution in [0.1, 0.15) is 13.3 Å². The molecule has 0 aliphatic carbocycles. The molecule has 0 bridgehead atoms. The first-order chi connectivity index (χ1) is 3.41. The third kappa shape index (κ3) is 5.76. The molecular formula is C5H9OS+. The quantitative estimate of drug-likeness (QED) is 0.310. The van der Waals surface area contributed by atoms with E-state index in [1.165, 1.54) is 0 Å². The molecule has 0 saturated heterocycles. The van der Waals surface area contributed by atoms with Gasteiger partial charge in [0.25, 0.3) is 0 Å². The van der Waals surface area contributed by atoms with E-state index in [0.717, 1.165) is 6.42 Å². The third-order valence-electron chi connectivity index (χ3n) is 0.604. The average molecular weight is 117 g/mol. The van der Waals surface area contributed by atoms with Gasteiger partial charge in [-0.25, -0.2) is 0 Å². The van der Waals surface area contributed by atoms with E-state index in [1.54, 1.807) is 0 Å². The molecule has 0 aromatic heterocycles. The Morgan fingerprint density at radius 1 is 1.71 bits per heavy atom. The minimum Gasteiger partial charge on any atom is -0.0915 e. The van der Waals surface area contributed by atoms with Crippen LogP contribution in [0.4, 0.5) is 0 Å². The molecular weight excluding hydrogens is 108 g/mol. The second-order valence-corrected chi connectivity index (χ2v) is 1.82. The second kappa shape index (κ2) is 5.76. The lowest BCUT2D eigenvalue weighted by Crippen LogP contribution is -1.73. The van der Waals surface area contributed by atoms with Crippen molar-refractivity contribution in [2.75, 3.05) is 5.75 Å². The molecule has 0 amide bonds. The average Bonchev–Trinajstić information content (AvgIpc) is 1.69. The van der Waals surface area contributed by atoms with Crippen LogP contribution in [-0.4, -0.2) is 5.75 Å². The molecule has 7 heavy (non-hydrogen) atoms. The highest BCUT2D eigenvalue weighted by atomic mass is 32.1. The highest BCUT2D eigenvalue weighted by Gasteiger charge is 1.89. The molecule has 0 atom stereocenters. The summed E-state index contributed by atoms with van der Waals surface area (Å²) in [6.45, 7) is 1.95. The monoisotopic (exact) mass is 117 g/mol. The maximum atomic E-state index is 9.69. The van der Waals surface area contributed by atoms with Crippen molar-refractivity contribution in [3.05, 3.63) is 12.2 Å². The standard InChI is InChI=1S/C5H9OS/c1-2-3-4-5-7-6/h2-3H,4-5H2,1H3/q+1. The SMILES string of the molecule is CC=CCC[S+]=O. The second-order valence-electron chi connectivity index (χ2n) is 1.18. The first-order valence-corrected chi connectivity index (χ1v) is 3.18. The summed E-state index contributed by atoms with van der Waals surface area (Å²) in [6.07, 6.45) is 4.85. The maximum absolute atomic E-state index is 9.69. The van der Waals surface area contributed by atoms with Crippen molar-refractivity contribution in [2.24, 2.45) is 0 Å². The number of rotatable bonds is 3. The summed E-state index contributed by atoms with van der Waals surface area (Å²) in [6, 6.07) is 0. The lowest BCUT2D eigenvalue weighted by atomic mass is 10.4. The number of hydrogen-bond acceptors (Lipinski definition) is 1. The molecule has 0 fully saturated rings. The summed E-state index contributed by atoms with van der Waals surface area (Å²) >= 11 is 0.640. The van der Waals surface area contributed by atoms with Gasteiger partial charge in [0.2, 0.25) is 5.75 Å². The van der Waals surface area contributed by atoms with Gasteiger partial charge in [-0.05, 0) is 6.92 Å². The van der Waals surface area contributed by atoms with Crippen LogP contribution in [0.25, 0.3) is 0 Å². The zero-order valence-corrected chi connectivity index (χ0v) is 5.20. The van der Waals surface area contributed by atoms with Crippen molar-refractivity contribution < 1.29 is 4.21 Å². The summed E-state index contributed by atoms with van der Waals surface area (Å²) in [5.41, 5.74) is 0. The molecule has 0 N–H and O–H groups in total. The van der Waals surface area contributed by atoms with E-state index in [2.05, 4.69) is 0 Å². The first kappa shape index (κ1) is 6.76. The predicted octanol–water partition coefficient (Wildman–Crippen LogP) is 1.38. The van der Waals surface area contributed by atoms with Crippen LogP contribution in [0.15, 0.2) is 12.2 Å². The molecule has 2 heteroatoms. The van der Waals surface area contributed by atoms with E-state index in [-0.39, 0.29) is 0 Å². The summed E-state index contributed by atoms with van der Waals surface area (Å²) in [7, 11) is 0. The Morgan fingerprint density at radius 3 is 2.86 bits per heavy atom. The van der Waals surface area contributed by atoms with Gasteiger partial charge < -0.3 is 0 Å². The molecule has 0 heterocycles. The number of allylic oxidation sites excluding steroid dienone is 2. The van der Waals surface area contributed by atoms with Crippen LogP contribution in [0.5, 0.6) is 0 Å². The van der Waals surface area contributed by atoms with Gasteiger partial charge in [-0.3, -0.25) is 0 Å². The van der Waals surface area contributed by atoms with Crippen molar-refractivity contribution in [1.82, 2.24) is 0 Å². The molecule has 0 rings (SSSR count). The first-order valence-electron chi connectivity index (χ1n) is 2.27. The molecule has 0 aromatic rings.